The van der Waals surface area contributed by atoms with Crippen LogP contribution in [0.4, 0.5) is 14.5 Å². The van der Waals surface area contributed by atoms with Gasteiger partial charge in [0, 0.05) is 43.0 Å². The van der Waals surface area contributed by atoms with Gasteiger partial charge in [-0.3, -0.25) is 15.0 Å². The second-order valence-electron chi connectivity index (χ2n) is 9.47. The molecule has 3 fully saturated rings. The van der Waals surface area contributed by atoms with Gasteiger partial charge in [0.05, 0.1) is 24.0 Å². The van der Waals surface area contributed by atoms with Crippen LogP contribution in [0.3, 0.4) is 0 Å². The van der Waals surface area contributed by atoms with E-state index in [0.29, 0.717) is 25.3 Å². The van der Waals surface area contributed by atoms with Crippen LogP contribution in [0.5, 0.6) is 0 Å². The lowest BCUT2D eigenvalue weighted by Gasteiger charge is -2.58. The second kappa shape index (κ2) is 8.51. The Morgan fingerprint density at radius 3 is 2.70 bits per heavy atom. The van der Waals surface area contributed by atoms with Crippen LogP contribution < -0.4 is 4.90 Å². The minimum Gasteiger partial charge on any atom is -0.368 e. The van der Waals surface area contributed by atoms with Crippen molar-refractivity contribution in [2.75, 3.05) is 18.0 Å². The van der Waals surface area contributed by atoms with E-state index in [2.05, 4.69) is 27.8 Å². The molecule has 1 aromatic heterocycles. The number of nitriles is 1. The van der Waals surface area contributed by atoms with Gasteiger partial charge >= 0.3 is 0 Å². The molecule has 2 aromatic rings. The zero-order valence-electron chi connectivity index (χ0n) is 18.3. The summed E-state index contributed by atoms with van der Waals surface area (Å²) in [5.74, 6) is -1.01. The first-order chi connectivity index (χ1) is 16.0. The van der Waals surface area contributed by atoms with Crippen molar-refractivity contribution in [2.45, 2.75) is 37.6 Å². The zero-order valence-corrected chi connectivity index (χ0v) is 18.3. The van der Waals surface area contributed by atoms with Crippen molar-refractivity contribution >= 4 is 18.6 Å². The third kappa shape index (κ3) is 4.18. The lowest BCUT2D eigenvalue weighted by atomic mass is 9.58. The lowest BCUT2D eigenvalue weighted by molar-refractivity contribution is 0.0512. The summed E-state index contributed by atoms with van der Waals surface area (Å²) in [6, 6.07) is 9.47. The highest BCUT2D eigenvalue weighted by Crippen LogP contribution is 2.56. The summed E-state index contributed by atoms with van der Waals surface area (Å²) in [6.45, 7) is 5.24. The summed E-state index contributed by atoms with van der Waals surface area (Å²) in [4.78, 5) is 14.3. The van der Waals surface area contributed by atoms with Crippen molar-refractivity contribution in [1.29, 1.82) is 5.26 Å². The van der Waals surface area contributed by atoms with Gasteiger partial charge in [0.25, 0.3) is 0 Å². The number of nitrogens with zero attached hydrogens (tertiary/aromatic N) is 5. The van der Waals surface area contributed by atoms with Crippen LogP contribution in [-0.4, -0.2) is 31.0 Å². The van der Waals surface area contributed by atoms with Crippen molar-refractivity contribution in [1.82, 2.24) is 4.98 Å². The topological polar surface area (TPSA) is 64.6 Å². The van der Waals surface area contributed by atoms with Gasteiger partial charge in [0.1, 0.15) is 0 Å². The van der Waals surface area contributed by atoms with Gasteiger partial charge in [-0.15, -0.1) is 0 Å². The Labute approximate surface area is 192 Å². The second-order valence-corrected chi connectivity index (χ2v) is 9.47. The molecular formula is C26H25F2N5. The van der Waals surface area contributed by atoms with Gasteiger partial charge in [0.2, 0.25) is 0 Å². The maximum atomic E-state index is 14.6. The zero-order chi connectivity index (χ0) is 23.0. The molecule has 2 saturated carbocycles. The summed E-state index contributed by atoms with van der Waals surface area (Å²) >= 11 is 0. The van der Waals surface area contributed by atoms with Gasteiger partial charge in [-0.05, 0) is 73.2 Å². The van der Waals surface area contributed by atoms with E-state index in [1.54, 1.807) is 18.5 Å². The molecule has 0 bridgehead atoms. The predicted molar refractivity (Wildman–Crippen MR) is 125 cm³/mol. The molecular weight excluding hydrogens is 420 g/mol. The molecule has 0 radical (unpaired) electrons. The average Bonchev–Trinajstić information content (AvgIpc) is 3.56. The van der Waals surface area contributed by atoms with Crippen LogP contribution >= 0.6 is 0 Å². The van der Waals surface area contributed by atoms with Gasteiger partial charge < -0.3 is 4.90 Å². The molecule has 0 amide bonds. The van der Waals surface area contributed by atoms with E-state index >= 15 is 0 Å². The fourth-order valence-corrected chi connectivity index (χ4v) is 5.30. The number of anilines is 1. The molecule has 2 heterocycles. The Balaban J connectivity index is 1.23. The summed E-state index contributed by atoms with van der Waals surface area (Å²) in [6.07, 6.45) is 9.43. The number of halogens is 2. The number of pyridine rings is 1. The molecule has 1 saturated heterocycles. The Kier molecular flexibility index (Phi) is 5.53. The van der Waals surface area contributed by atoms with Crippen molar-refractivity contribution < 1.29 is 8.78 Å². The van der Waals surface area contributed by atoms with Crippen LogP contribution in [0.2, 0.25) is 0 Å². The number of allylic oxidation sites excluding steroid dienone is 1. The molecule has 5 rings (SSSR count). The molecule has 1 aliphatic heterocycles. The number of aromatic nitrogens is 1. The first-order valence-electron chi connectivity index (χ1n) is 11.2. The maximum Gasteiger partial charge on any atom is 0.182 e. The van der Waals surface area contributed by atoms with Gasteiger partial charge in [-0.25, -0.2) is 8.78 Å². The third-order valence-electron chi connectivity index (χ3n) is 7.10. The van der Waals surface area contributed by atoms with Crippen molar-refractivity contribution in [3.63, 3.8) is 0 Å². The van der Waals surface area contributed by atoms with E-state index in [1.807, 2.05) is 29.3 Å². The number of hydrogen-bond acceptors (Lipinski definition) is 5. The molecule has 2 atom stereocenters. The predicted octanol–water partition coefficient (Wildman–Crippen LogP) is 5.16. The van der Waals surface area contributed by atoms with Crippen molar-refractivity contribution in [2.24, 2.45) is 21.3 Å². The van der Waals surface area contributed by atoms with Crippen LogP contribution in [0.1, 0.15) is 47.9 Å². The van der Waals surface area contributed by atoms with E-state index in [4.69, 9.17) is 5.26 Å². The van der Waals surface area contributed by atoms with Crippen molar-refractivity contribution in [3.05, 3.63) is 71.2 Å². The molecule has 2 unspecified atom stereocenters. The normalized spacial score (nSPS) is 23.5. The number of benzene rings is 1. The molecule has 33 heavy (non-hydrogen) atoms. The van der Waals surface area contributed by atoms with Gasteiger partial charge in [-0.2, -0.15) is 5.26 Å². The highest BCUT2D eigenvalue weighted by molar-refractivity contribution is 5.71. The minimum atomic E-state index is -0.787. The minimum absolute atomic E-state index is 0.116. The Bertz CT molecular complexity index is 1150. The smallest absolute Gasteiger partial charge is 0.182 e. The number of hydrogen-bond donors (Lipinski definition) is 0. The SMILES string of the molecule is C=N/C=C\C=N/Cc1ccc(C2CC2c2cc(F)c(F)c(N3CC4(CC(C#N)C4)C3)c2)cn1. The molecule has 1 spiro atoms. The Hall–Kier alpha value is -3.40. The van der Waals surface area contributed by atoms with Gasteiger partial charge in [-0.1, -0.05) is 6.07 Å². The monoisotopic (exact) mass is 445 g/mol. The standard InChI is InChI=1S/C26H25F2N5/c1-30-5-2-6-31-14-20-4-3-18(13-32-20)21-9-22(21)19-7-23(27)25(28)24(8-19)33-15-26(16-33)10-17(11-26)12-29/h2-8,13,17,21-22H,1,9-11,14-16H2/b5-2-,31-6-. The molecule has 0 N–H and O–H groups in total. The van der Waals surface area contributed by atoms with Crippen molar-refractivity contribution in [3.8, 4) is 6.07 Å². The Morgan fingerprint density at radius 1 is 1.21 bits per heavy atom. The quantitative estimate of drug-likeness (QED) is 0.553. The summed E-state index contributed by atoms with van der Waals surface area (Å²) < 4.78 is 29.0. The van der Waals surface area contributed by atoms with E-state index in [9.17, 15) is 8.78 Å². The Morgan fingerprint density at radius 2 is 2.00 bits per heavy atom. The number of rotatable bonds is 7. The molecule has 7 heteroatoms. The molecule has 168 valence electrons. The first-order valence-corrected chi connectivity index (χ1v) is 11.2. The average molecular weight is 446 g/mol. The summed E-state index contributed by atoms with van der Waals surface area (Å²) in [5.41, 5.74) is 3.29. The lowest BCUT2D eigenvalue weighted by Crippen LogP contribution is -2.62. The highest BCUT2D eigenvalue weighted by Gasteiger charge is 2.53. The van der Waals surface area contributed by atoms with Crippen LogP contribution in [-0.2, 0) is 6.54 Å². The van der Waals surface area contributed by atoms with Crippen LogP contribution in [0.25, 0.3) is 0 Å². The fraction of sp³-hybridized carbons (Fsp3) is 0.385. The van der Waals surface area contributed by atoms with E-state index in [1.165, 1.54) is 6.07 Å². The fourth-order valence-electron chi connectivity index (χ4n) is 5.30. The molecule has 5 nitrogen and oxygen atoms in total. The van der Waals surface area contributed by atoms with Gasteiger partial charge in [0.15, 0.2) is 11.6 Å². The largest absolute Gasteiger partial charge is 0.368 e. The van der Waals surface area contributed by atoms with Crippen LogP contribution in [0.15, 0.2) is 52.7 Å². The third-order valence-corrected chi connectivity index (χ3v) is 7.10. The van der Waals surface area contributed by atoms with E-state index in [0.717, 1.165) is 36.1 Å². The molecule has 1 aromatic carbocycles. The number of aliphatic imine (C=N–C) groups is 2. The summed E-state index contributed by atoms with van der Waals surface area (Å²) in [7, 11) is 0. The maximum absolute atomic E-state index is 14.6. The molecule has 3 aliphatic rings. The van der Waals surface area contributed by atoms with E-state index in [-0.39, 0.29) is 23.2 Å². The first kappa shape index (κ1) is 21.4. The summed E-state index contributed by atoms with van der Waals surface area (Å²) in [5, 5.41) is 9.02. The van der Waals surface area contributed by atoms with E-state index < -0.39 is 11.6 Å². The molecule has 2 aliphatic carbocycles. The van der Waals surface area contributed by atoms with Crippen LogP contribution in [0, 0.1) is 34.3 Å². The highest BCUT2D eigenvalue weighted by atomic mass is 19.2.